The number of anilines is 1. The predicted octanol–water partition coefficient (Wildman–Crippen LogP) is 5.14. The Labute approximate surface area is 239 Å². The zero-order valence-electron chi connectivity index (χ0n) is 22.1. The van der Waals surface area contributed by atoms with Gasteiger partial charge in [-0.3, -0.25) is 13.9 Å². The van der Waals surface area contributed by atoms with Crippen LogP contribution in [0.3, 0.4) is 0 Å². The minimum Gasteiger partial charge on any atom is -0.497 e. The fourth-order valence-corrected chi connectivity index (χ4v) is 5.52. The molecule has 1 N–H and O–H groups in total. The van der Waals surface area contributed by atoms with Crippen molar-refractivity contribution in [3.05, 3.63) is 88.4 Å². The number of nitrogens with zero attached hydrogens (tertiary/aromatic N) is 2. The van der Waals surface area contributed by atoms with Crippen molar-refractivity contribution >= 4 is 50.7 Å². The number of hydrogen-bond acceptors (Lipinski definition) is 5. The molecule has 0 heterocycles. The van der Waals surface area contributed by atoms with Crippen LogP contribution in [-0.2, 0) is 26.2 Å². The normalized spacial score (nSPS) is 12.1. The number of nitrogens with one attached hydrogen (secondary N) is 1. The standard InChI is InChI=1S/C28H31Cl2N3O5S/c1-19(2)31-28(35)20(3)32(17-21-10-13-23(38-4)14-11-21)27(34)18-33(22-12-15-25(29)26(30)16-22)39(36,37)24-8-6-5-7-9-24/h5-16,19-20H,17-18H2,1-4H3,(H,31,35). The van der Waals surface area contributed by atoms with Crippen molar-refractivity contribution in [2.45, 2.75) is 44.3 Å². The molecule has 3 rings (SSSR count). The Bertz CT molecular complexity index is 1400. The van der Waals surface area contributed by atoms with Crippen molar-refractivity contribution in [3.63, 3.8) is 0 Å². The minimum absolute atomic E-state index is 0.00354. The summed E-state index contributed by atoms with van der Waals surface area (Å²) in [5.41, 5.74) is 0.894. The van der Waals surface area contributed by atoms with Crippen LogP contribution in [0.15, 0.2) is 77.7 Å². The highest BCUT2D eigenvalue weighted by molar-refractivity contribution is 7.92. The number of carbonyl (C=O) groups excluding carboxylic acids is 2. The van der Waals surface area contributed by atoms with E-state index >= 15 is 0 Å². The summed E-state index contributed by atoms with van der Waals surface area (Å²) in [7, 11) is -2.64. The molecule has 0 aliphatic heterocycles. The molecule has 0 saturated carbocycles. The summed E-state index contributed by atoms with van der Waals surface area (Å²) in [4.78, 5) is 28.2. The van der Waals surface area contributed by atoms with Crippen LogP contribution in [0.2, 0.25) is 10.0 Å². The molecule has 0 spiro atoms. The largest absolute Gasteiger partial charge is 0.497 e. The first-order valence-corrected chi connectivity index (χ1v) is 14.4. The third-order valence-corrected chi connectivity index (χ3v) is 8.44. The number of carbonyl (C=O) groups is 2. The minimum atomic E-state index is -4.19. The van der Waals surface area contributed by atoms with Gasteiger partial charge in [0.15, 0.2) is 0 Å². The first kappa shape index (κ1) is 30.3. The van der Waals surface area contributed by atoms with Gasteiger partial charge in [-0.2, -0.15) is 0 Å². The monoisotopic (exact) mass is 591 g/mol. The van der Waals surface area contributed by atoms with Gasteiger partial charge in [0.2, 0.25) is 11.8 Å². The fourth-order valence-electron chi connectivity index (χ4n) is 3.80. The fraction of sp³-hybridized carbons (Fsp3) is 0.286. The second-order valence-electron chi connectivity index (χ2n) is 9.13. The highest BCUT2D eigenvalue weighted by Gasteiger charge is 2.32. The smallest absolute Gasteiger partial charge is 0.264 e. The molecular weight excluding hydrogens is 561 g/mol. The van der Waals surface area contributed by atoms with Gasteiger partial charge in [-0.25, -0.2) is 8.42 Å². The lowest BCUT2D eigenvalue weighted by atomic mass is 10.1. The van der Waals surface area contributed by atoms with Gasteiger partial charge in [-0.15, -0.1) is 0 Å². The van der Waals surface area contributed by atoms with Crippen LogP contribution in [0.5, 0.6) is 5.75 Å². The molecule has 1 unspecified atom stereocenters. The zero-order valence-corrected chi connectivity index (χ0v) is 24.4. The van der Waals surface area contributed by atoms with Gasteiger partial charge in [-0.05, 0) is 68.8 Å². The van der Waals surface area contributed by atoms with Gasteiger partial charge in [-0.1, -0.05) is 53.5 Å². The Morgan fingerprint density at radius 2 is 1.56 bits per heavy atom. The highest BCUT2D eigenvalue weighted by Crippen LogP contribution is 2.31. The summed E-state index contributed by atoms with van der Waals surface area (Å²) in [6.45, 7) is 4.73. The Morgan fingerprint density at radius 3 is 2.13 bits per heavy atom. The average molecular weight is 593 g/mol. The predicted molar refractivity (Wildman–Crippen MR) is 154 cm³/mol. The molecule has 208 valence electrons. The number of benzene rings is 3. The first-order valence-electron chi connectivity index (χ1n) is 12.2. The van der Waals surface area contributed by atoms with Crippen molar-refractivity contribution in [1.82, 2.24) is 10.2 Å². The number of methoxy groups -OCH3 is 1. The zero-order chi connectivity index (χ0) is 28.7. The number of sulfonamides is 1. The second-order valence-corrected chi connectivity index (χ2v) is 11.8. The highest BCUT2D eigenvalue weighted by atomic mass is 35.5. The van der Waals surface area contributed by atoms with E-state index in [4.69, 9.17) is 27.9 Å². The summed E-state index contributed by atoms with van der Waals surface area (Å²) in [6.07, 6.45) is 0. The number of halogens is 2. The summed E-state index contributed by atoms with van der Waals surface area (Å²) >= 11 is 12.3. The lowest BCUT2D eigenvalue weighted by Crippen LogP contribution is -2.52. The van der Waals surface area contributed by atoms with E-state index < -0.39 is 28.5 Å². The van der Waals surface area contributed by atoms with Crippen LogP contribution in [0.25, 0.3) is 0 Å². The van der Waals surface area contributed by atoms with E-state index in [2.05, 4.69) is 5.32 Å². The molecule has 0 aliphatic rings. The Kier molecular flexibility index (Phi) is 10.2. The van der Waals surface area contributed by atoms with E-state index in [0.29, 0.717) is 5.75 Å². The maximum Gasteiger partial charge on any atom is 0.264 e. The van der Waals surface area contributed by atoms with Gasteiger partial charge >= 0.3 is 0 Å². The van der Waals surface area contributed by atoms with Crippen LogP contribution in [-0.4, -0.2) is 50.9 Å². The Morgan fingerprint density at radius 1 is 0.923 bits per heavy atom. The molecular formula is C28H31Cl2N3O5S. The maximum absolute atomic E-state index is 13.9. The van der Waals surface area contributed by atoms with Gasteiger partial charge < -0.3 is 15.0 Å². The van der Waals surface area contributed by atoms with Crippen molar-refractivity contribution in [2.75, 3.05) is 18.0 Å². The molecule has 3 aromatic carbocycles. The maximum atomic E-state index is 13.9. The SMILES string of the molecule is COc1ccc(CN(C(=O)CN(c2ccc(Cl)c(Cl)c2)S(=O)(=O)c2ccccc2)C(C)C(=O)NC(C)C)cc1. The van der Waals surface area contributed by atoms with E-state index in [1.54, 1.807) is 56.5 Å². The summed E-state index contributed by atoms with van der Waals surface area (Å²) in [5, 5.41) is 3.19. The Hall–Kier alpha value is -3.27. The van der Waals surface area contributed by atoms with Crippen LogP contribution < -0.4 is 14.4 Å². The van der Waals surface area contributed by atoms with E-state index in [9.17, 15) is 18.0 Å². The van der Waals surface area contributed by atoms with Crippen molar-refractivity contribution in [2.24, 2.45) is 0 Å². The van der Waals surface area contributed by atoms with E-state index in [1.165, 1.54) is 35.2 Å². The van der Waals surface area contributed by atoms with Crippen molar-refractivity contribution in [3.8, 4) is 5.75 Å². The molecule has 0 fully saturated rings. The van der Waals surface area contributed by atoms with Crippen LogP contribution >= 0.6 is 23.2 Å². The summed E-state index contributed by atoms with van der Waals surface area (Å²) < 4.78 is 33.7. The van der Waals surface area contributed by atoms with Crippen LogP contribution in [0.1, 0.15) is 26.3 Å². The molecule has 0 bridgehead atoms. The van der Waals surface area contributed by atoms with E-state index in [0.717, 1.165) is 9.87 Å². The average Bonchev–Trinajstić information content (AvgIpc) is 2.91. The number of rotatable bonds is 11. The van der Waals surface area contributed by atoms with Crippen LogP contribution in [0, 0.1) is 0 Å². The Balaban J connectivity index is 2.03. The second kappa shape index (κ2) is 13.2. The number of ether oxygens (including phenoxy) is 1. The van der Waals surface area contributed by atoms with E-state index in [1.807, 2.05) is 13.8 Å². The molecule has 1 atom stereocenters. The molecule has 8 nitrogen and oxygen atoms in total. The topological polar surface area (TPSA) is 96.0 Å². The molecule has 0 aromatic heterocycles. The third-order valence-electron chi connectivity index (χ3n) is 5.91. The molecule has 3 aromatic rings. The van der Waals surface area contributed by atoms with Gasteiger partial charge in [0.1, 0.15) is 18.3 Å². The lowest BCUT2D eigenvalue weighted by molar-refractivity contribution is -0.139. The molecule has 2 amide bonds. The number of hydrogen-bond donors (Lipinski definition) is 1. The quantitative estimate of drug-likeness (QED) is 0.333. The summed E-state index contributed by atoms with van der Waals surface area (Å²) in [5.74, 6) is -0.302. The molecule has 0 radical (unpaired) electrons. The van der Waals surface area contributed by atoms with Gasteiger partial charge in [0.05, 0.1) is 27.7 Å². The summed E-state index contributed by atoms with van der Waals surface area (Å²) in [6, 6.07) is 18.1. The third kappa shape index (κ3) is 7.65. The number of amides is 2. The van der Waals surface area contributed by atoms with Crippen LogP contribution in [0.4, 0.5) is 5.69 Å². The van der Waals surface area contributed by atoms with Crippen molar-refractivity contribution < 1.29 is 22.7 Å². The lowest BCUT2D eigenvalue weighted by Gasteiger charge is -2.32. The molecule has 0 aliphatic carbocycles. The molecule has 0 saturated heterocycles. The molecule has 39 heavy (non-hydrogen) atoms. The van der Waals surface area contributed by atoms with Crippen molar-refractivity contribution in [1.29, 1.82) is 0 Å². The van der Waals surface area contributed by atoms with E-state index in [-0.39, 0.29) is 39.1 Å². The first-order chi connectivity index (χ1) is 18.4. The molecule has 11 heteroatoms. The van der Waals surface area contributed by atoms with Gasteiger partial charge in [0.25, 0.3) is 10.0 Å². The van der Waals surface area contributed by atoms with Gasteiger partial charge in [0, 0.05) is 12.6 Å².